The zero-order valence-corrected chi connectivity index (χ0v) is 11.7. The summed E-state index contributed by atoms with van der Waals surface area (Å²) in [5.74, 6) is 0. The molecule has 6 unspecified atom stereocenters. The van der Waals surface area contributed by atoms with E-state index in [9.17, 15) is 30.6 Å². The van der Waals surface area contributed by atoms with Crippen molar-refractivity contribution in [1.29, 1.82) is 0 Å². The molecular weight excluding hydrogens is 288 g/mol. The lowest BCUT2D eigenvalue weighted by atomic mass is 9.97. The van der Waals surface area contributed by atoms with Gasteiger partial charge >= 0.3 is 0 Å². The first-order valence-electron chi connectivity index (χ1n) is 6.78. The van der Waals surface area contributed by atoms with Crippen molar-refractivity contribution in [1.82, 2.24) is 0 Å². The third-order valence-electron chi connectivity index (χ3n) is 3.90. The van der Waals surface area contributed by atoms with Gasteiger partial charge < -0.3 is 44.8 Å². The van der Waals surface area contributed by atoms with Crippen LogP contribution in [0.3, 0.4) is 0 Å². The Hall–Kier alpha value is -0.360. The van der Waals surface area contributed by atoms with Crippen LogP contribution in [0, 0.1) is 0 Å². The second-order valence-electron chi connectivity index (χ2n) is 5.50. The van der Waals surface area contributed by atoms with Crippen LogP contribution < -0.4 is 0 Å². The third kappa shape index (κ3) is 3.21. The minimum Gasteiger partial charge on any atom is -0.388 e. The topological polar surface area (TPSA) is 149 Å². The quantitative estimate of drug-likeness (QED) is 0.308. The van der Waals surface area contributed by atoms with Crippen molar-refractivity contribution in [2.45, 2.75) is 75.3 Å². The first-order valence-corrected chi connectivity index (χ1v) is 6.78. The highest BCUT2D eigenvalue weighted by Crippen LogP contribution is 2.28. The molecule has 2 saturated heterocycles. The molecule has 0 aromatic heterocycles. The largest absolute Gasteiger partial charge is 0.388 e. The lowest BCUT2D eigenvalue weighted by molar-refractivity contribution is -0.349. The number of ether oxygens (including phenoxy) is 3. The van der Waals surface area contributed by atoms with Gasteiger partial charge in [-0.1, -0.05) is 0 Å². The van der Waals surface area contributed by atoms with Gasteiger partial charge in [0.2, 0.25) is 0 Å². The van der Waals surface area contributed by atoms with E-state index in [0.717, 1.165) is 0 Å². The van der Waals surface area contributed by atoms with E-state index in [-0.39, 0.29) is 0 Å². The van der Waals surface area contributed by atoms with E-state index in [1.165, 1.54) is 13.8 Å². The van der Waals surface area contributed by atoms with E-state index in [4.69, 9.17) is 14.2 Å². The van der Waals surface area contributed by atoms with E-state index in [1.54, 1.807) is 0 Å². The summed E-state index contributed by atoms with van der Waals surface area (Å²) in [4.78, 5) is 0. The molecule has 10 atom stereocenters. The van der Waals surface area contributed by atoms with Gasteiger partial charge in [-0.15, -0.1) is 0 Å². The first-order chi connectivity index (χ1) is 9.73. The minimum atomic E-state index is -1.56. The Balaban J connectivity index is 2.08. The molecule has 2 fully saturated rings. The van der Waals surface area contributed by atoms with Gasteiger partial charge in [-0.05, 0) is 13.8 Å². The lowest BCUT2D eigenvalue weighted by Gasteiger charge is -2.44. The van der Waals surface area contributed by atoms with Gasteiger partial charge in [0, 0.05) is 0 Å². The highest BCUT2D eigenvalue weighted by atomic mass is 16.7. The number of aliphatic hydroxyl groups is 6. The molecule has 0 bridgehead atoms. The van der Waals surface area contributed by atoms with E-state index >= 15 is 0 Å². The molecule has 9 heteroatoms. The van der Waals surface area contributed by atoms with Gasteiger partial charge in [0.05, 0.1) is 12.2 Å². The molecule has 0 aromatic rings. The van der Waals surface area contributed by atoms with E-state index in [0.29, 0.717) is 0 Å². The predicted octanol–water partition coefficient (Wildman–Crippen LogP) is -3.34. The monoisotopic (exact) mass is 310 g/mol. The molecule has 0 aromatic carbocycles. The fourth-order valence-corrected chi connectivity index (χ4v) is 2.45. The van der Waals surface area contributed by atoms with Crippen molar-refractivity contribution in [3.63, 3.8) is 0 Å². The summed E-state index contributed by atoms with van der Waals surface area (Å²) < 4.78 is 15.4. The molecule has 0 amide bonds. The molecule has 0 radical (unpaired) electrons. The maximum atomic E-state index is 9.96. The lowest BCUT2D eigenvalue weighted by Crippen LogP contribution is -2.63. The molecule has 9 nitrogen and oxygen atoms in total. The summed E-state index contributed by atoms with van der Waals surface area (Å²) in [5.41, 5.74) is 0. The average Bonchev–Trinajstić information content (AvgIpc) is 2.44. The number of rotatable bonds is 2. The molecular formula is C12H22O9. The Kier molecular flexibility index (Phi) is 5.19. The normalized spacial score (nSPS) is 55.4. The van der Waals surface area contributed by atoms with Crippen LogP contribution in [0.5, 0.6) is 0 Å². The van der Waals surface area contributed by atoms with Crippen LogP contribution >= 0.6 is 0 Å². The Morgan fingerprint density at radius 2 is 1.24 bits per heavy atom. The summed E-state index contributed by atoms with van der Waals surface area (Å²) in [5, 5.41) is 58.4. The van der Waals surface area contributed by atoms with Gasteiger partial charge in [0.25, 0.3) is 0 Å². The molecule has 2 rings (SSSR count). The fraction of sp³-hybridized carbons (Fsp3) is 1.00. The van der Waals surface area contributed by atoms with Crippen molar-refractivity contribution in [2.24, 2.45) is 0 Å². The maximum Gasteiger partial charge on any atom is 0.187 e. The first kappa shape index (κ1) is 17.0. The van der Waals surface area contributed by atoms with Crippen LogP contribution in [0.4, 0.5) is 0 Å². The second-order valence-corrected chi connectivity index (χ2v) is 5.50. The van der Waals surface area contributed by atoms with Crippen molar-refractivity contribution >= 4 is 0 Å². The van der Waals surface area contributed by atoms with Crippen LogP contribution in [-0.2, 0) is 14.2 Å². The van der Waals surface area contributed by atoms with Crippen LogP contribution in [0.15, 0.2) is 0 Å². The van der Waals surface area contributed by atoms with Gasteiger partial charge in [0.1, 0.15) is 36.6 Å². The van der Waals surface area contributed by atoms with Gasteiger partial charge in [-0.2, -0.15) is 0 Å². The summed E-state index contributed by atoms with van der Waals surface area (Å²) in [6, 6.07) is 0. The molecule has 0 saturated carbocycles. The van der Waals surface area contributed by atoms with Crippen LogP contribution in [0.25, 0.3) is 0 Å². The van der Waals surface area contributed by atoms with E-state index in [1.807, 2.05) is 0 Å². The summed E-state index contributed by atoms with van der Waals surface area (Å²) in [6.07, 6.45) is -13.0. The van der Waals surface area contributed by atoms with Gasteiger partial charge in [0.15, 0.2) is 12.6 Å². The highest BCUT2D eigenvalue weighted by molar-refractivity contribution is 4.92. The predicted molar refractivity (Wildman–Crippen MR) is 65.8 cm³/mol. The fourth-order valence-electron chi connectivity index (χ4n) is 2.45. The highest BCUT2D eigenvalue weighted by Gasteiger charge is 2.48. The Morgan fingerprint density at radius 3 is 1.86 bits per heavy atom. The Labute approximate surface area is 121 Å². The molecule has 21 heavy (non-hydrogen) atoms. The van der Waals surface area contributed by atoms with Crippen molar-refractivity contribution in [2.75, 3.05) is 0 Å². The molecule has 0 spiro atoms. The van der Waals surface area contributed by atoms with Crippen molar-refractivity contribution in [3.05, 3.63) is 0 Å². The summed E-state index contributed by atoms with van der Waals surface area (Å²) >= 11 is 0. The maximum absolute atomic E-state index is 9.96. The summed E-state index contributed by atoms with van der Waals surface area (Å²) in [6.45, 7) is 2.96. The zero-order valence-electron chi connectivity index (χ0n) is 11.7. The van der Waals surface area contributed by atoms with Gasteiger partial charge in [-0.3, -0.25) is 0 Å². The zero-order chi connectivity index (χ0) is 15.9. The van der Waals surface area contributed by atoms with E-state index < -0.39 is 61.4 Å². The number of aliphatic hydroxyl groups excluding tert-OH is 6. The standard InChI is InChI=1S/C12H22O9/c1-3-5(13)7(15)8(16)12(20-3)21-10-6(14)4(2)19-11(18)9(10)17/h3-18H,1-2H3/t3?,4?,5-,6+,7?,8?,9?,10?,11-,12+/m1/s1. The minimum absolute atomic E-state index is 0.804. The van der Waals surface area contributed by atoms with Crippen molar-refractivity contribution in [3.8, 4) is 0 Å². The summed E-state index contributed by atoms with van der Waals surface area (Å²) in [7, 11) is 0. The second kappa shape index (κ2) is 6.41. The van der Waals surface area contributed by atoms with E-state index in [2.05, 4.69) is 0 Å². The van der Waals surface area contributed by atoms with Gasteiger partial charge in [-0.25, -0.2) is 0 Å². The third-order valence-corrected chi connectivity index (χ3v) is 3.90. The van der Waals surface area contributed by atoms with Crippen molar-refractivity contribution < 1.29 is 44.8 Å². The Morgan fingerprint density at radius 1 is 0.667 bits per heavy atom. The molecule has 124 valence electrons. The molecule has 6 N–H and O–H groups in total. The number of hydrogen-bond donors (Lipinski definition) is 6. The molecule has 2 heterocycles. The molecule has 2 aliphatic rings. The molecule has 0 aliphatic carbocycles. The SMILES string of the molecule is CC1O[C@@H](OC2C(O)[C@H](O)OC(C)[C@@H]2O)C(O)C(O)[C@@H]1O. The van der Waals surface area contributed by atoms with Crippen LogP contribution in [0.1, 0.15) is 13.8 Å². The Bertz CT molecular complexity index is 340. The molecule has 2 aliphatic heterocycles. The number of hydrogen-bond acceptors (Lipinski definition) is 9. The van der Waals surface area contributed by atoms with Crippen LogP contribution in [0.2, 0.25) is 0 Å². The average molecular weight is 310 g/mol. The van der Waals surface area contributed by atoms with Crippen LogP contribution in [-0.4, -0.2) is 92.1 Å². The smallest absolute Gasteiger partial charge is 0.187 e.